The molecule has 1 heterocycles. The summed E-state index contributed by atoms with van der Waals surface area (Å²) in [7, 11) is 4.05. The maximum Gasteiger partial charge on any atom is 0.239 e. The lowest BCUT2D eigenvalue weighted by Gasteiger charge is -2.20. The van der Waals surface area contributed by atoms with E-state index in [9.17, 15) is 0 Å². The molecule has 0 amide bonds. The van der Waals surface area contributed by atoms with Gasteiger partial charge >= 0.3 is 0 Å². The zero-order chi connectivity index (χ0) is 28.6. The van der Waals surface area contributed by atoms with Crippen molar-refractivity contribution in [3.05, 3.63) is 91.0 Å². The van der Waals surface area contributed by atoms with E-state index in [1.165, 1.54) is 5.69 Å². The van der Waals surface area contributed by atoms with Gasteiger partial charge in [0.25, 0.3) is 0 Å². The number of carboxylic acid groups (broad SMARTS) is 1. The number of carboxylic acids is 1. The van der Waals surface area contributed by atoms with Crippen molar-refractivity contribution >= 4 is 50.8 Å². The van der Waals surface area contributed by atoms with Crippen LogP contribution in [0.5, 0.6) is 0 Å². The van der Waals surface area contributed by atoms with E-state index in [-0.39, 0.29) is 0 Å². The molecule has 5 rings (SSSR count). The second kappa shape index (κ2) is 12.8. The standard InChI is InChI=1S/C30H31N6.C2H4O2/c1-5-35(6-2)26-17-19-28-30(21-26)36(25-10-8-7-9-11-25)29-20-23(14-18-27(29)31-28)33-32-22-12-15-24(16-13-22)34(3)4;1-2(3)4/h7-21H,5-6H2,1-4H3;1H3,(H,3,4)/q+1;/p-1. The van der Waals surface area contributed by atoms with Gasteiger partial charge < -0.3 is 19.7 Å². The number of anilines is 2. The highest BCUT2D eigenvalue weighted by atomic mass is 16.4. The van der Waals surface area contributed by atoms with E-state index in [4.69, 9.17) is 14.9 Å². The predicted molar refractivity (Wildman–Crippen MR) is 160 cm³/mol. The molecule has 5 aromatic rings. The van der Waals surface area contributed by atoms with E-state index >= 15 is 0 Å². The monoisotopic (exact) mass is 534 g/mol. The second-order valence-electron chi connectivity index (χ2n) is 9.40. The van der Waals surface area contributed by atoms with E-state index in [0.29, 0.717) is 0 Å². The molecular formula is C32H34N6O2. The van der Waals surface area contributed by atoms with Crippen molar-refractivity contribution in [3.8, 4) is 5.69 Å². The number of fused-ring (bicyclic) bond motifs is 2. The van der Waals surface area contributed by atoms with Gasteiger partial charge in [-0.15, -0.1) is 4.57 Å². The molecule has 0 saturated carbocycles. The van der Waals surface area contributed by atoms with E-state index < -0.39 is 5.97 Å². The summed E-state index contributed by atoms with van der Waals surface area (Å²) in [5.74, 6) is -1.08. The minimum Gasteiger partial charge on any atom is -0.550 e. The molecule has 0 N–H and O–H groups in total. The van der Waals surface area contributed by atoms with Crippen LogP contribution in [0.25, 0.3) is 27.8 Å². The van der Waals surface area contributed by atoms with Crippen LogP contribution in [0.4, 0.5) is 22.7 Å². The van der Waals surface area contributed by atoms with E-state index in [1.807, 2.05) is 56.6 Å². The average Bonchev–Trinajstić information content (AvgIpc) is 2.96. The summed E-state index contributed by atoms with van der Waals surface area (Å²) in [4.78, 5) is 18.3. The Morgan fingerprint density at radius 2 is 1.30 bits per heavy atom. The molecule has 0 atom stereocenters. The van der Waals surface area contributed by atoms with Crippen LogP contribution < -0.4 is 19.5 Å². The topological polar surface area (TPSA) is 88.1 Å². The lowest BCUT2D eigenvalue weighted by atomic mass is 10.1. The highest BCUT2D eigenvalue weighted by Gasteiger charge is 2.21. The molecular weight excluding hydrogens is 500 g/mol. The number of rotatable bonds is 7. The first-order chi connectivity index (χ1) is 19.3. The number of azo groups is 1. The maximum atomic E-state index is 8.89. The molecule has 1 aromatic heterocycles. The summed E-state index contributed by atoms with van der Waals surface area (Å²) in [5.41, 5.74) is 8.92. The molecule has 0 radical (unpaired) electrons. The summed E-state index contributed by atoms with van der Waals surface area (Å²) in [6, 6.07) is 31.1. The number of benzene rings is 4. The Labute approximate surface area is 234 Å². The molecule has 8 nitrogen and oxygen atoms in total. The Morgan fingerprint density at radius 3 is 1.90 bits per heavy atom. The predicted octanol–water partition coefficient (Wildman–Crippen LogP) is 5.75. The number of carbonyl (C=O) groups excluding carboxylic acids is 1. The number of carbonyl (C=O) groups is 1. The quantitative estimate of drug-likeness (QED) is 0.151. The van der Waals surface area contributed by atoms with E-state index in [1.54, 1.807) is 0 Å². The molecule has 0 spiro atoms. The van der Waals surface area contributed by atoms with Gasteiger partial charge in [0.05, 0.1) is 11.4 Å². The van der Waals surface area contributed by atoms with Gasteiger partial charge in [0.1, 0.15) is 11.0 Å². The van der Waals surface area contributed by atoms with Crippen LogP contribution in [-0.2, 0) is 4.79 Å². The molecule has 0 saturated heterocycles. The summed E-state index contributed by atoms with van der Waals surface area (Å²) in [6.45, 7) is 7.24. The minimum atomic E-state index is -1.08. The summed E-state index contributed by atoms with van der Waals surface area (Å²) >= 11 is 0. The molecule has 4 aromatic carbocycles. The van der Waals surface area contributed by atoms with E-state index in [2.05, 4.69) is 87.0 Å². The first-order valence-electron chi connectivity index (χ1n) is 13.3. The van der Waals surface area contributed by atoms with Gasteiger partial charge in [-0.05, 0) is 69.3 Å². The first-order valence-corrected chi connectivity index (χ1v) is 13.3. The Balaban J connectivity index is 0.000000867. The molecule has 0 aliphatic rings. The largest absolute Gasteiger partial charge is 0.550 e. The van der Waals surface area contributed by atoms with Gasteiger partial charge in [0, 0.05) is 68.8 Å². The molecule has 0 unspecified atom stereocenters. The van der Waals surface area contributed by atoms with Crippen molar-refractivity contribution in [2.75, 3.05) is 37.0 Å². The first kappa shape index (κ1) is 28.2. The molecule has 0 aliphatic heterocycles. The summed E-state index contributed by atoms with van der Waals surface area (Å²) in [5, 5.41) is 17.9. The van der Waals surface area contributed by atoms with Gasteiger partial charge in [0.15, 0.2) is 0 Å². The van der Waals surface area contributed by atoms with Gasteiger partial charge in [-0.25, -0.2) is 4.98 Å². The lowest BCUT2D eigenvalue weighted by molar-refractivity contribution is -0.538. The molecule has 0 fully saturated rings. The van der Waals surface area contributed by atoms with Gasteiger partial charge in [-0.1, -0.05) is 18.2 Å². The van der Waals surface area contributed by atoms with Crippen molar-refractivity contribution in [2.45, 2.75) is 20.8 Å². The Morgan fingerprint density at radius 1 is 0.775 bits per heavy atom. The summed E-state index contributed by atoms with van der Waals surface area (Å²) in [6.07, 6.45) is 0. The third-order valence-corrected chi connectivity index (χ3v) is 6.43. The number of hydrogen-bond acceptors (Lipinski definition) is 7. The van der Waals surface area contributed by atoms with Crippen LogP contribution in [-0.4, -0.2) is 38.1 Å². The second-order valence-corrected chi connectivity index (χ2v) is 9.40. The van der Waals surface area contributed by atoms with Crippen molar-refractivity contribution in [3.63, 3.8) is 0 Å². The molecule has 8 heteroatoms. The van der Waals surface area contributed by atoms with Crippen molar-refractivity contribution in [2.24, 2.45) is 10.2 Å². The van der Waals surface area contributed by atoms with Crippen LogP contribution >= 0.6 is 0 Å². The van der Waals surface area contributed by atoms with Crippen LogP contribution in [0, 0.1) is 0 Å². The van der Waals surface area contributed by atoms with Crippen molar-refractivity contribution in [1.29, 1.82) is 0 Å². The third-order valence-electron chi connectivity index (χ3n) is 6.43. The molecule has 0 aliphatic carbocycles. The van der Waals surface area contributed by atoms with Crippen LogP contribution in [0.15, 0.2) is 101 Å². The zero-order valence-corrected chi connectivity index (χ0v) is 23.6. The number of aromatic nitrogens is 2. The fraction of sp³-hybridized carbons (Fsp3) is 0.219. The fourth-order valence-corrected chi connectivity index (χ4v) is 4.47. The lowest BCUT2D eigenvalue weighted by Crippen LogP contribution is -2.33. The Bertz CT molecular complexity index is 1630. The average molecular weight is 535 g/mol. The molecule has 40 heavy (non-hydrogen) atoms. The Kier molecular flexibility index (Phi) is 9.01. The van der Waals surface area contributed by atoms with Crippen molar-refractivity contribution < 1.29 is 14.5 Å². The normalized spacial score (nSPS) is 10.9. The maximum absolute atomic E-state index is 8.89. The smallest absolute Gasteiger partial charge is 0.239 e. The van der Waals surface area contributed by atoms with Crippen molar-refractivity contribution in [1.82, 2.24) is 4.98 Å². The van der Waals surface area contributed by atoms with Crippen LogP contribution in [0.1, 0.15) is 20.8 Å². The Hall–Kier alpha value is -4.85. The molecule has 204 valence electrons. The van der Waals surface area contributed by atoms with Gasteiger partial charge in [-0.3, -0.25) is 0 Å². The SMILES string of the molecule is CC(=O)[O-].CCN(CC)c1ccc2nc3ccc(N=Nc4ccc(N(C)C)cc4)cc3[n+](-c3ccccc3)c2c1. The number of para-hydroxylation sites is 1. The highest BCUT2D eigenvalue weighted by molar-refractivity contribution is 5.85. The summed E-state index contributed by atoms with van der Waals surface area (Å²) < 4.78 is 2.27. The van der Waals surface area contributed by atoms with Crippen LogP contribution in [0.3, 0.4) is 0 Å². The third kappa shape index (κ3) is 6.58. The highest BCUT2D eigenvalue weighted by Crippen LogP contribution is 2.27. The van der Waals surface area contributed by atoms with Crippen LogP contribution in [0.2, 0.25) is 0 Å². The molecule has 0 bridgehead atoms. The number of aliphatic carboxylic acids is 1. The fourth-order valence-electron chi connectivity index (χ4n) is 4.47. The number of hydrogen-bond donors (Lipinski definition) is 0. The van der Waals surface area contributed by atoms with E-state index in [0.717, 1.165) is 64.8 Å². The number of nitrogens with zero attached hydrogens (tertiary/aromatic N) is 6. The van der Waals surface area contributed by atoms with Gasteiger partial charge in [-0.2, -0.15) is 10.2 Å². The van der Waals surface area contributed by atoms with Gasteiger partial charge in [0.2, 0.25) is 16.7 Å². The zero-order valence-electron chi connectivity index (χ0n) is 23.6. The minimum absolute atomic E-state index is 0.782.